The average molecular weight is 324 g/mol. The number of nitrogens with one attached hydrogen (secondary N) is 2. The third-order valence-corrected chi connectivity index (χ3v) is 4.08. The summed E-state index contributed by atoms with van der Waals surface area (Å²) in [5.41, 5.74) is 1.96. The van der Waals surface area contributed by atoms with E-state index in [0.717, 1.165) is 18.4 Å². The van der Waals surface area contributed by atoms with Gasteiger partial charge in [-0.15, -0.1) is 0 Å². The summed E-state index contributed by atoms with van der Waals surface area (Å²) >= 11 is 0. The lowest BCUT2D eigenvalue weighted by atomic mass is 10.1. The molecule has 0 aliphatic heterocycles. The van der Waals surface area contributed by atoms with E-state index in [1.807, 2.05) is 30.3 Å². The van der Waals surface area contributed by atoms with E-state index in [-0.39, 0.29) is 17.5 Å². The first kappa shape index (κ1) is 16.1. The summed E-state index contributed by atoms with van der Waals surface area (Å²) in [6, 6.07) is 16.4. The second-order valence-electron chi connectivity index (χ2n) is 5.83. The van der Waals surface area contributed by atoms with Gasteiger partial charge in [0.1, 0.15) is 0 Å². The molecule has 2 amide bonds. The molecule has 1 fully saturated rings. The second-order valence-corrected chi connectivity index (χ2v) is 5.83. The predicted molar refractivity (Wildman–Crippen MR) is 91.9 cm³/mol. The summed E-state index contributed by atoms with van der Waals surface area (Å²) in [6.07, 6.45) is 1.87. The number of amides is 2. The lowest BCUT2D eigenvalue weighted by Gasteiger charge is -2.18. The highest BCUT2D eigenvalue weighted by Crippen LogP contribution is 2.45. The third kappa shape index (κ3) is 3.56. The minimum absolute atomic E-state index is 0.250. The number of anilines is 1. The summed E-state index contributed by atoms with van der Waals surface area (Å²) in [6.45, 7) is 2.10. The number of esters is 1. The largest absolute Gasteiger partial charge is 0.462 e. The molecule has 0 bridgehead atoms. The fourth-order valence-electron chi connectivity index (χ4n) is 2.65. The molecule has 24 heavy (non-hydrogen) atoms. The van der Waals surface area contributed by atoms with E-state index in [0.29, 0.717) is 17.9 Å². The minimum Gasteiger partial charge on any atom is -0.462 e. The van der Waals surface area contributed by atoms with E-state index in [4.69, 9.17) is 4.74 Å². The number of carbonyl (C=O) groups excluding carboxylic acids is 2. The minimum atomic E-state index is -0.366. The molecule has 0 unspecified atom stereocenters. The summed E-state index contributed by atoms with van der Waals surface area (Å²) in [4.78, 5) is 23.9. The highest BCUT2D eigenvalue weighted by Gasteiger charge is 2.45. The van der Waals surface area contributed by atoms with Crippen molar-refractivity contribution >= 4 is 17.7 Å². The van der Waals surface area contributed by atoms with Gasteiger partial charge >= 0.3 is 12.0 Å². The van der Waals surface area contributed by atoms with Crippen LogP contribution in [0.4, 0.5) is 10.5 Å². The smallest absolute Gasteiger partial charge is 0.338 e. The molecule has 0 saturated heterocycles. The van der Waals surface area contributed by atoms with E-state index in [1.165, 1.54) is 0 Å². The van der Waals surface area contributed by atoms with Gasteiger partial charge < -0.3 is 15.4 Å². The van der Waals surface area contributed by atoms with Gasteiger partial charge in [0, 0.05) is 5.69 Å². The van der Waals surface area contributed by atoms with Crippen molar-refractivity contribution in [3.63, 3.8) is 0 Å². The number of hydrogen-bond donors (Lipinski definition) is 2. The first-order valence-corrected chi connectivity index (χ1v) is 8.05. The Bertz CT molecular complexity index is 722. The molecule has 2 aromatic rings. The average Bonchev–Trinajstić information content (AvgIpc) is 3.37. The summed E-state index contributed by atoms with van der Waals surface area (Å²) in [7, 11) is 0. The monoisotopic (exact) mass is 324 g/mol. The SMILES string of the molecule is CCOC(=O)c1ccc(NC(=O)NC2(c3ccccc3)CC2)cc1. The molecule has 0 atom stereocenters. The lowest BCUT2D eigenvalue weighted by Crippen LogP contribution is -2.38. The molecule has 2 aromatic carbocycles. The molecular formula is C19H20N2O3. The first-order valence-electron chi connectivity index (χ1n) is 8.05. The number of ether oxygens (including phenoxy) is 1. The van der Waals surface area contributed by atoms with Crippen LogP contribution in [0, 0.1) is 0 Å². The summed E-state index contributed by atoms with van der Waals surface area (Å²) < 4.78 is 4.93. The second kappa shape index (κ2) is 6.74. The Morgan fingerprint density at radius 1 is 1.04 bits per heavy atom. The van der Waals surface area contributed by atoms with Crippen molar-refractivity contribution in [3.8, 4) is 0 Å². The van der Waals surface area contributed by atoms with E-state index in [9.17, 15) is 9.59 Å². The van der Waals surface area contributed by atoms with Crippen LogP contribution in [0.15, 0.2) is 54.6 Å². The van der Waals surface area contributed by atoms with Crippen LogP contribution >= 0.6 is 0 Å². The molecule has 2 N–H and O–H groups in total. The predicted octanol–water partition coefficient (Wildman–Crippen LogP) is 3.67. The first-order chi connectivity index (χ1) is 11.6. The molecule has 1 aliphatic carbocycles. The number of hydrogen-bond acceptors (Lipinski definition) is 3. The van der Waals surface area contributed by atoms with Crippen molar-refractivity contribution in [1.29, 1.82) is 0 Å². The molecule has 1 aliphatic rings. The van der Waals surface area contributed by atoms with Gasteiger partial charge in [-0.1, -0.05) is 30.3 Å². The normalized spacial score (nSPS) is 14.5. The van der Waals surface area contributed by atoms with E-state index in [1.54, 1.807) is 31.2 Å². The van der Waals surface area contributed by atoms with Crippen molar-refractivity contribution in [1.82, 2.24) is 5.32 Å². The maximum atomic E-state index is 12.2. The van der Waals surface area contributed by atoms with Gasteiger partial charge in [-0.05, 0) is 49.6 Å². The van der Waals surface area contributed by atoms with Crippen molar-refractivity contribution in [2.75, 3.05) is 11.9 Å². The van der Waals surface area contributed by atoms with Gasteiger partial charge in [0.2, 0.25) is 0 Å². The number of benzene rings is 2. The summed E-state index contributed by atoms with van der Waals surface area (Å²) in [5, 5.41) is 5.85. The molecule has 0 spiro atoms. The zero-order valence-electron chi connectivity index (χ0n) is 13.5. The van der Waals surface area contributed by atoms with E-state index >= 15 is 0 Å². The maximum absolute atomic E-state index is 12.2. The van der Waals surface area contributed by atoms with Crippen LogP contribution in [-0.2, 0) is 10.3 Å². The molecule has 5 heteroatoms. The van der Waals surface area contributed by atoms with Crippen LogP contribution in [0.5, 0.6) is 0 Å². The molecule has 0 heterocycles. The zero-order valence-corrected chi connectivity index (χ0v) is 13.5. The fourth-order valence-corrected chi connectivity index (χ4v) is 2.65. The molecule has 5 nitrogen and oxygen atoms in total. The Morgan fingerprint density at radius 3 is 2.29 bits per heavy atom. The number of carbonyl (C=O) groups is 2. The van der Waals surface area contributed by atoms with Crippen LogP contribution in [0.1, 0.15) is 35.7 Å². The third-order valence-electron chi connectivity index (χ3n) is 4.08. The Labute approximate surface area is 141 Å². The molecule has 3 rings (SSSR count). The molecule has 124 valence electrons. The Kier molecular flexibility index (Phi) is 4.51. The Morgan fingerprint density at radius 2 is 1.71 bits per heavy atom. The van der Waals surface area contributed by atoms with Crippen LogP contribution in [0.25, 0.3) is 0 Å². The van der Waals surface area contributed by atoms with E-state index < -0.39 is 0 Å². The van der Waals surface area contributed by atoms with Gasteiger partial charge in [-0.3, -0.25) is 0 Å². The standard InChI is InChI=1S/C19H20N2O3/c1-2-24-17(22)14-8-10-16(11-9-14)20-18(23)21-19(12-13-19)15-6-4-3-5-7-15/h3-11H,2,12-13H2,1H3,(H2,20,21,23). The van der Waals surface area contributed by atoms with Crippen molar-refractivity contribution in [3.05, 3.63) is 65.7 Å². The van der Waals surface area contributed by atoms with Crippen LogP contribution in [-0.4, -0.2) is 18.6 Å². The van der Waals surface area contributed by atoms with Gasteiger partial charge in [-0.25, -0.2) is 9.59 Å². The Hall–Kier alpha value is -2.82. The van der Waals surface area contributed by atoms with Gasteiger partial charge in [-0.2, -0.15) is 0 Å². The molecule has 1 saturated carbocycles. The quantitative estimate of drug-likeness (QED) is 0.825. The maximum Gasteiger partial charge on any atom is 0.338 e. The molecule has 0 radical (unpaired) electrons. The zero-order chi connectivity index (χ0) is 17.0. The van der Waals surface area contributed by atoms with Crippen molar-refractivity contribution in [2.45, 2.75) is 25.3 Å². The van der Waals surface area contributed by atoms with E-state index in [2.05, 4.69) is 10.6 Å². The van der Waals surface area contributed by atoms with Crippen molar-refractivity contribution < 1.29 is 14.3 Å². The number of urea groups is 1. The van der Waals surface area contributed by atoms with Gasteiger partial charge in [0.15, 0.2) is 0 Å². The van der Waals surface area contributed by atoms with Crippen LogP contribution < -0.4 is 10.6 Å². The fraction of sp³-hybridized carbons (Fsp3) is 0.263. The van der Waals surface area contributed by atoms with Crippen LogP contribution in [0.3, 0.4) is 0 Å². The highest BCUT2D eigenvalue weighted by molar-refractivity contribution is 5.92. The van der Waals surface area contributed by atoms with Gasteiger partial charge in [0.05, 0.1) is 17.7 Å². The van der Waals surface area contributed by atoms with Crippen LogP contribution in [0.2, 0.25) is 0 Å². The lowest BCUT2D eigenvalue weighted by molar-refractivity contribution is 0.0526. The Balaban J connectivity index is 1.60. The van der Waals surface area contributed by atoms with Crippen molar-refractivity contribution in [2.24, 2.45) is 0 Å². The van der Waals surface area contributed by atoms with Gasteiger partial charge in [0.25, 0.3) is 0 Å². The molecule has 0 aromatic heterocycles. The highest BCUT2D eigenvalue weighted by atomic mass is 16.5. The number of rotatable bonds is 5. The molecular weight excluding hydrogens is 304 g/mol. The summed E-state index contributed by atoms with van der Waals surface area (Å²) in [5.74, 6) is -0.366. The topological polar surface area (TPSA) is 67.4 Å².